The summed E-state index contributed by atoms with van der Waals surface area (Å²) in [5.41, 5.74) is 1.25. The van der Waals surface area contributed by atoms with E-state index in [4.69, 9.17) is 9.84 Å². The van der Waals surface area contributed by atoms with Crippen molar-refractivity contribution < 1.29 is 19.0 Å². The number of ether oxygens (including phenoxy) is 1. The van der Waals surface area contributed by atoms with Crippen molar-refractivity contribution in [2.75, 3.05) is 0 Å². The maximum atomic E-state index is 13.4. The lowest BCUT2D eigenvalue weighted by Gasteiger charge is -2.06. The van der Waals surface area contributed by atoms with Gasteiger partial charge in [0, 0.05) is 17.8 Å². The van der Waals surface area contributed by atoms with Gasteiger partial charge in [-0.1, -0.05) is 0 Å². The van der Waals surface area contributed by atoms with Crippen molar-refractivity contribution in [2.24, 2.45) is 0 Å². The predicted octanol–water partition coefficient (Wildman–Crippen LogP) is 3.42. The molecule has 0 aliphatic rings. The van der Waals surface area contributed by atoms with E-state index < -0.39 is 11.8 Å². The first-order valence-electron chi connectivity index (χ1n) is 5.85. The van der Waals surface area contributed by atoms with Crippen LogP contribution in [0.5, 0.6) is 11.5 Å². The van der Waals surface area contributed by atoms with Crippen molar-refractivity contribution in [2.45, 2.75) is 6.92 Å². The van der Waals surface area contributed by atoms with Crippen molar-refractivity contribution >= 4 is 12.0 Å². The van der Waals surface area contributed by atoms with E-state index >= 15 is 0 Å². The Morgan fingerprint density at radius 1 is 1.30 bits per heavy atom. The summed E-state index contributed by atoms with van der Waals surface area (Å²) in [6, 6.07) is 7.49. The monoisotopic (exact) mass is 273 g/mol. The lowest BCUT2D eigenvalue weighted by Crippen LogP contribution is -1.90. The normalized spacial score (nSPS) is 10.7. The summed E-state index contributed by atoms with van der Waals surface area (Å²) < 4.78 is 18.9. The largest absolute Gasteiger partial charge is 0.478 e. The zero-order valence-corrected chi connectivity index (χ0v) is 10.7. The first-order chi connectivity index (χ1) is 9.52. The average molecular weight is 273 g/mol. The second-order valence-electron chi connectivity index (χ2n) is 4.13. The fourth-order valence-electron chi connectivity index (χ4n) is 1.56. The van der Waals surface area contributed by atoms with E-state index in [1.54, 1.807) is 18.2 Å². The van der Waals surface area contributed by atoms with Gasteiger partial charge in [0.15, 0.2) is 0 Å². The van der Waals surface area contributed by atoms with E-state index in [0.717, 1.165) is 11.8 Å². The maximum absolute atomic E-state index is 13.4. The first kappa shape index (κ1) is 13.7. The molecule has 0 amide bonds. The lowest BCUT2D eigenvalue weighted by atomic mass is 10.2. The molecule has 1 aromatic carbocycles. The Morgan fingerprint density at radius 2 is 2.10 bits per heavy atom. The van der Waals surface area contributed by atoms with Gasteiger partial charge in [0.1, 0.15) is 17.3 Å². The molecule has 0 spiro atoms. The molecule has 20 heavy (non-hydrogen) atoms. The Balaban J connectivity index is 2.23. The van der Waals surface area contributed by atoms with E-state index in [-0.39, 0.29) is 5.75 Å². The maximum Gasteiger partial charge on any atom is 0.328 e. The van der Waals surface area contributed by atoms with Gasteiger partial charge in [0.2, 0.25) is 0 Å². The number of hydrogen-bond donors (Lipinski definition) is 1. The molecule has 1 N–H and O–H groups in total. The number of halogens is 1. The number of aryl methyl sites for hydroxylation is 1. The van der Waals surface area contributed by atoms with Crippen LogP contribution in [0.3, 0.4) is 0 Å². The summed E-state index contributed by atoms with van der Waals surface area (Å²) in [5.74, 6) is -0.845. The summed E-state index contributed by atoms with van der Waals surface area (Å²) in [6.45, 7) is 1.85. The van der Waals surface area contributed by atoms with Crippen LogP contribution in [0.2, 0.25) is 0 Å². The van der Waals surface area contributed by atoms with Gasteiger partial charge < -0.3 is 9.84 Å². The summed E-state index contributed by atoms with van der Waals surface area (Å²) in [5, 5.41) is 8.55. The molecule has 4 nitrogen and oxygen atoms in total. The van der Waals surface area contributed by atoms with Crippen LogP contribution in [0.1, 0.15) is 11.3 Å². The van der Waals surface area contributed by atoms with Gasteiger partial charge in [0.05, 0.1) is 6.20 Å². The van der Waals surface area contributed by atoms with E-state index in [2.05, 4.69) is 4.98 Å². The molecule has 102 valence electrons. The van der Waals surface area contributed by atoms with Crippen LogP contribution in [0.4, 0.5) is 4.39 Å². The van der Waals surface area contributed by atoms with Crippen molar-refractivity contribution in [3.8, 4) is 11.5 Å². The van der Waals surface area contributed by atoms with Crippen LogP contribution < -0.4 is 4.74 Å². The van der Waals surface area contributed by atoms with Crippen molar-refractivity contribution in [1.29, 1.82) is 0 Å². The quantitative estimate of drug-likeness (QED) is 0.867. The Bertz CT molecular complexity index is 651. The van der Waals surface area contributed by atoms with Gasteiger partial charge in [-0.05, 0) is 42.8 Å². The molecule has 0 saturated carbocycles. The molecule has 0 bridgehead atoms. The third-order valence-corrected chi connectivity index (χ3v) is 2.43. The fraction of sp³-hybridized carbons (Fsp3) is 0.0667. The zero-order chi connectivity index (χ0) is 14.5. The van der Waals surface area contributed by atoms with E-state index in [1.165, 1.54) is 24.4 Å². The molecule has 0 radical (unpaired) electrons. The van der Waals surface area contributed by atoms with Gasteiger partial charge in [-0.2, -0.15) is 0 Å². The average Bonchev–Trinajstić information content (AvgIpc) is 2.38. The van der Waals surface area contributed by atoms with Gasteiger partial charge in [-0.25, -0.2) is 9.18 Å². The van der Waals surface area contributed by atoms with Gasteiger partial charge in [0.25, 0.3) is 0 Å². The number of aliphatic carboxylic acids is 1. The fourth-order valence-corrected chi connectivity index (χ4v) is 1.56. The van der Waals surface area contributed by atoms with Crippen LogP contribution in [0.25, 0.3) is 6.08 Å². The van der Waals surface area contributed by atoms with Crippen LogP contribution in [0.15, 0.2) is 42.6 Å². The topological polar surface area (TPSA) is 59.4 Å². The summed E-state index contributed by atoms with van der Waals surface area (Å²) in [7, 11) is 0. The van der Waals surface area contributed by atoms with Crippen molar-refractivity contribution in [3.05, 3.63) is 59.7 Å². The second kappa shape index (κ2) is 5.97. The molecule has 0 aliphatic heterocycles. The molecule has 1 aromatic heterocycles. The van der Waals surface area contributed by atoms with Crippen molar-refractivity contribution in [1.82, 2.24) is 4.98 Å². The van der Waals surface area contributed by atoms with E-state index in [9.17, 15) is 9.18 Å². The number of nitrogens with zero attached hydrogens (tertiary/aromatic N) is 1. The molecule has 2 rings (SSSR count). The second-order valence-corrected chi connectivity index (χ2v) is 4.13. The number of pyridine rings is 1. The minimum Gasteiger partial charge on any atom is -0.478 e. The van der Waals surface area contributed by atoms with Crippen LogP contribution in [0, 0.1) is 12.7 Å². The molecule has 0 aliphatic carbocycles. The highest BCUT2D eigenvalue weighted by atomic mass is 19.1. The molecule has 5 heteroatoms. The third-order valence-electron chi connectivity index (χ3n) is 2.43. The molecule has 0 unspecified atom stereocenters. The Labute approximate surface area is 115 Å². The number of carboxylic acid groups (broad SMARTS) is 1. The molecule has 2 aromatic rings. The number of rotatable bonds is 4. The number of aromatic nitrogens is 1. The minimum absolute atomic E-state index is 0.278. The molecule has 0 saturated heterocycles. The zero-order valence-electron chi connectivity index (χ0n) is 10.7. The van der Waals surface area contributed by atoms with Crippen molar-refractivity contribution in [3.63, 3.8) is 0 Å². The Kier molecular flexibility index (Phi) is 4.10. The highest BCUT2D eigenvalue weighted by Gasteiger charge is 2.03. The standard InChI is InChI=1S/C15H12FNO3/c1-10-2-4-13(9-17-10)20-14-7-11(3-5-15(18)19)6-12(16)8-14/h2-9H,1H3,(H,18,19)/b5-3+. The molecule has 0 fully saturated rings. The first-order valence-corrected chi connectivity index (χ1v) is 5.85. The Hall–Kier alpha value is -2.69. The number of carbonyl (C=O) groups is 1. The van der Waals surface area contributed by atoms with Crippen LogP contribution in [-0.4, -0.2) is 16.1 Å². The highest BCUT2D eigenvalue weighted by molar-refractivity contribution is 5.85. The number of hydrogen-bond acceptors (Lipinski definition) is 3. The third kappa shape index (κ3) is 3.91. The summed E-state index contributed by atoms with van der Waals surface area (Å²) in [4.78, 5) is 14.5. The van der Waals surface area contributed by atoms with Gasteiger partial charge in [-0.15, -0.1) is 0 Å². The number of carboxylic acids is 1. The van der Waals surface area contributed by atoms with Gasteiger partial charge in [-0.3, -0.25) is 4.98 Å². The Morgan fingerprint density at radius 3 is 2.75 bits per heavy atom. The lowest BCUT2D eigenvalue weighted by molar-refractivity contribution is -0.131. The number of benzene rings is 1. The van der Waals surface area contributed by atoms with Crippen LogP contribution in [-0.2, 0) is 4.79 Å². The molecular formula is C15H12FNO3. The predicted molar refractivity (Wildman–Crippen MR) is 72.1 cm³/mol. The van der Waals surface area contributed by atoms with E-state index in [0.29, 0.717) is 11.3 Å². The summed E-state index contributed by atoms with van der Waals surface area (Å²) >= 11 is 0. The highest BCUT2D eigenvalue weighted by Crippen LogP contribution is 2.23. The smallest absolute Gasteiger partial charge is 0.328 e. The summed E-state index contributed by atoms with van der Waals surface area (Å²) in [6.07, 6.45) is 3.77. The molecule has 0 atom stereocenters. The van der Waals surface area contributed by atoms with Gasteiger partial charge >= 0.3 is 5.97 Å². The SMILES string of the molecule is Cc1ccc(Oc2cc(F)cc(/C=C/C(=O)O)c2)cn1. The molecular weight excluding hydrogens is 261 g/mol. The molecule has 1 heterocycles. The van der Waals surface area contributed by atoms with Crippen LogP contribution >= 0.6 is 0 Å². The van der Waals surface area contributed by atoms with E-state index in [1.807, 2.05) is 6.92 Å². The minimum atomic E-state index is -1.10.